The zero-order valence-electron chi connectivity index (χ0n) is 15.8. The number of halogens is 1. The minimum Gasteiger partial charge on any atom is -0.319 e. The van der Waals surface area contributed by atoms with Crippen LogP contribution in [0.5, 0.6) is 0 Å². The van der Waals surface area contributed by atoms with E-state index in [1.54, 1.807) is 42.7 Å². The number of benzene rings is 2. The first-order valence-electron chi connectivity index (χ1n) is 8.67. The molecule has 0 radical (unpaired) electrons. The molecule has 0 saturated heterocycles. The van der Waals surface area contributed by atoms with E-state index in [1.807, 2.05) is 32.0 Å². The minimum absolute atomic E-state index is 0.263. The highest BCUT2D eigenvalue weighted by Gasteiger charge is 2.24. The quantitative estimate of drug-likeness (QED) is 0.540. The molecule has 0 aliphatic heterocycles. The molecule has 1 amide bonds. The summed E-state index contributed by atoms with van der Waals surface area (Å²) in [6.07, 6.45) is 0. The summed E-state index contributed by atoms with van der Waals surface area (Å²) in [7, 11) is 0. The number of nitrogens with one attached hydrogen (secondary N) is 1. The lowest BCUT2D eigenvalue weighted by molar-refractivity contribution is -0.112. The van der Waals surface area contributed by atoms with Gasteiger partial charge in [-0.3, -0.25) is 9.59 Å². The summed E-state index contributed by atoms with van der Waals surface area (Å²) in [5.41, 5.74) is 4.22. The van der Waals surface area contributed by atoms with Gasteiger partial charge in [-0.2, -0.15) is 0 Å². The van der Waals surface area contributed by atoms with Crippen molar-refractivity contribution in [2.24, 2.45) is 0 Å². The molecule has 4 nitrogen and oxygen atoms in total. The summed E-state index contributed by atoms with van der Waals surface area (Å²) in [5.74, 6) is -1.74. The topological polar surface area (TPSA) is 51.1 Å². The molecule has 0 aliphatic carbocycles. The number of para-hydroxylation sites is 2. The Morgan fingerprint density at radius 3 is 2.19 bits per heavy atom. The zero-order valence-corrected chi connectivity index (χ0v) is 15.8. The van der Waals surface area contributed by atoms with Crippen molar-refractivity contribution in [2.45, 2.75) is 27.7 Å². The lowest BCUT2D eigenvalue weighted by atomic mass is 10.1. The molecule has 1 heterocycles. The fourth-order valence-electron chi connectivity index (χ4n) is 3.30. The number of aromatic nitrogens is 1. The van der Waals surface area contributed by atoms with Gasteiger partial charge < -0.3 is 9.88 Å². The normalized spacial score (nSPS) is 10.7. The summed E-state index contributed by atoms with van der Waals surface area (Å²) in [4.78, 5) is 25.3. The highest BCUT2D eigenvalue weighted by molar-refractivity contribution is 6.47. The van der Waals surface area contributed by atoms with E-state index in [0.29, 0.717) is 22.8 Å². The first-order chi connectivity index (χ1) is 12.8. The summed E-state index contributed by atoms with van der Waals surface area (Å²) < 4.78 is 15.8. The van der Waals surface area contributed by atoms with Crippen LogP contribution in [-0.2, 0) is 4.79 Å². The van der Waals surface area contributed by atoms with Gasteiger partial charge in [0.05, 0.1) is 5.69 Å². The maximum Gasteiger partial charge on any atom is 0.296 e. The van der Waals surface area contributed by atoms with Crippen molar-refractivity contribution in [3.8, 4) is 5.69 Å². The van der Waals surface area contributed by atoms with Gasteiger partial charge in [0.15, 0.2) is 0 Å². The van der Waals surface area contributed by atoms with Crippen LogP contribution in [0.3, 0.4) is 0 Å². The first kappa shape index (κ1) is 18.6. The van der Waals surface area contributed by atoms with E-state index in [2.05, 4.69) is 5.32 Å². The van der Waals surface area contributed by atoms with Crippen LogP contribution in [0.4, 0.5) is 10.1 Å². The highest BCUT2D eigenvalue weighted by atomic mass is 19.1. The molecule has 0 saturated carbocycles. The molecular weight excluding hydrogens is 343 g/mol. The van der Waals surface area contributed by atoms with E-state index in [9.17, 15) is 14.0 Å². The smallest absolute Gasteiger partial charge is 0.296 e. The van der Waals surface area contributed by atoms with E-state index in [0.717, 1.165) is 11.1 Å². The van der Waals surface area contributed by atoms with Crippen molar-refractivity contribution in [3.05, 3.63) is 82.4 Å². The van der Waals surface area contributed by atoms with Gasteiger partial charge in [-0.15, -0.1) is 0 Å². The number of amides is 1. The summed E-state index contributed by atoms with van der Waals surface area (Å²) in [5, 5.41) is 2.71. The first-order valence-corrected chi connectivity index (χ1v) is 8.67. The monoisotopic (exact) mass is 364 g/mol. The molecule has 2 aromatic carbocycles. The number of hydrogen-bond acceptors (Lipinski definition) is 2. The fourth-order valence-corrected chi connectivity index (χ4v) is 3.30. The SMILES string of the molecule is Cc1cccc(C)c1NC(=O)C(=O)c1cc(C)n(-c2ccccc2F)c1C. The Labute approximate surface area is 157 Å². The van der Waals surface area contributed by atoms with Gasteiger partial charge in [0.25, 0.3) is 11.7 Å². The standard InChI is InChI=1S/C22H21FN2O2/c1-13-8-7-9-14(2)20(13)24-22(27)21(26)17-12-15(3)25(16(17)4)19-11-6-5-10-18(19)23/h5-12H,1-4H3,(H,24,27). The average Bonchev–Trinajstić information content (AvgIpc) is 2.92. The fraction of sp³-hybridized carbons (Fsp3) is 0.182. The lowest BCUT2D eigenvalue weighted by Gasteiger charge is -2.12. The maximum absolute atomic E-state index is 14.2. The lowest BCUT2D eigenvalue weighted by Crippen LogP contribution is -2.24. The predicted molar refractivity (Wildman–Crippen MR) is 104 cm³/mol. The van der Waals surface area contributed by atoms with Crippen molar-refractivity contribution in [1.29, 1.82) is 0 Å². The van der Waals surface area contributed by atoms with E-state index >= 15 is 0 Å². The van der Waals surface area contributed by atoms with Crippen molar-refractivity contribution in [3.63, 3.8) is 0 Å². The third-order valence-electron chi connectivity index (χ3n) is 4.69. The molecule has 3 rings (SSSR count). The number of Topliss-reactive ketones (excluding diaryl/α,β-unsaturated/α-hetero) is 1. The second kappa shape index (κ2) is 7.19. The summed E-state index contributed by atoms with van der Waals surface area (Å²) in [6, 6.07) is 13.6. The maximum atomic E-state index is 14.2. The van der Waals surface area contributed by atoms with E-state index < -0.39 is 17.5 Å². The Balaban J connectivity index is 1.95. The Bertz CT molecular complexity index is 1030. The largest absolute Gasteiger partial charge is 0.319 e. The minimum atomic E-state index is -0.707. The van der Waals surface area contributed by atoms with Gasteiger partial charge in [-0.1, -0.05) is 30.3 Å². The number of nitrogens with zero attached hydrogens (tertiary/aromatic N) is 1. The molecule has 0 unspecified atom stereocenters. The third kappa shape index (κ3) is 3.40. The molecule has 138 valence electrons. The van der Waals surface area contributed by atoms with Crippen molar-refractivity contribution in [2.75, 3.05) is 5.32 Å². The van der Waals surface area contributed by atoms with Crippen LogP contribution in [0.2, 0.25) is 0 Å². The van der Waals surface area contributed by atoms with Crippen molar-refractivity contribution < 1.29 is 14.0 Å². The second-order valence-electron chi connectivity index (χ2n) is 6.62. The number of carbonyl (C=O) groups excluding carboxylic acids is 2. The highest BCUT2D eigenvalue weighted by Crippen LogP contribution is 2.24. The van der Waals surface area contributed by atoms with Crippen LogP contribution in [0.15, 0.2) is 48.5 Å². The van der Waals surface area contributed by atoms with Gasteiger partial charge in [0.2, 0.25) is 0 Å². The molecule has 0 spiro atoms. The summed E-state index contributed by atoms with van der Waals surface area (Å²) in [6.45, 7) is 7.23. The Morgan fingerprint density at radius 1 is 0.926 bits per heavy atom. The number of ketones is 1. The average molecular weight is 364 g/mol. The number of hydrogen-bond donors (Lipinski definition) is 1. The van der Waals surface area contributed by atoms with Crippen molar-refractivity contribution in [1.82, 2.24) is 4.57 Å². The van der Waals surface area contributed by atoms with Gasteiger partial charge in [0.1, 0.15) is 5.82 Å². The second-order valence-corrected chi connectivity index (χ2v) is 6.62. The van der Waals surface area contributed by atoms with Gasteiger partial charge in [-0.05, 0) is 57.0 Å². The number of aryl methyl sites for hydroxylation is 3. The van der Waals surface area contributed by atoms with Crippen LogP contribution >= 0.6 is 0 Å². The number of rotatable bonds is 4. The summed E-state index contributed by atoms with van der Waals surface area (Å²) >= 11 is 0. The van der Waals surface area contributed by atoms with Gasteiger partial charge in [-0.25, -0.2) is 4.39 Å². The molecule has 5 heteroatoms. The molecule has 1 N–H and O–H groups in total. The Morgan fingerprint density at radius 2 is 1.56 bits per heavy atom. The van der Waals surface area contributed by atoms with Crippen LogP contribution in [0.25, 0.3) is 5.69 Å². The molecular formula is C22H21FN2O2. The molecule has 0 fully saturated rings. The van der Waals surface area contributed by atoms with E-state index in [-0.39, 0.29) is 5.56 Å². The third-order valence-corrected chi connectivity index (χ3v) is 4.69. The Kier molecular flexibility index (Phi) is 4.95. The van der Waals surface area contributed by atoms with Crippen LogP contribution in [0.1, 0.15) is 32.9 Å². The number of anilines is 1. The Hall–Kier alpha value is -3.21. The zero-order chi connectivity index (χ0) is 19.7. The number of carbonyl (C=O) groups is 2. The molecule has 0 atom stereocenters. The predicted octanol–water partition coefficient (Wildman–Crippen LogP) is 4.67. The van der Waals surface area contributed by atoms with Crippen LogP contribution in [0, 0.1) is 33.5 Å². The molecule has 27 heavy (non-hydrogen) atoms. The van der Waals surface area contributed by atoms with Crippen molar-refractivity contribution >= 4 is 17.4 Å². The van der Waals surface area contributed by atoms with E-state index in [1.165, 1.54) is 6.07 Å². The molecule has 3 aromatic rings. The van der Waals surface area contributed by atoms with Crippen LogP contribution < -0.4 is 5.32 Å². The van der Waals surface area contributed by atoms with Gasteiger partial charge >= 0.3 is 0 Å². The molecule has 1 aromatic heterocycles. The molecule has 0 aliphatic rings. The van der Waals surface area contributed by atoms with E-state index in [4.69, 9.17) is 0 Å². The van der Waals surface area contributed by atoms with Gasteiger partial charge in [0, 0.05) is 22.6 Å². The van der Waals surface area contributed by atoms with Crippen LogP contribution in [-0.4, -0.2) is 16.3 Å². The molecule has 0 bridgehead atoms.